The van der Waals surface area contributed by atoms with E-state index in [1.807, 2.05) is 24.3 Å². The van der Waals surface area contributed by atoms with Gasteiger partial charge in [-0.05, 0) is 29.8 Å². The lowest BCUT2D eigenvalue weighted by molar-refractivity contribution is 0.0772. The number of hydrogen-bond acceptors (Lipinski definition) is 3. The molecule has 2 aromatic rings. The summed E-state index contributed by atoms with van der Waals surface area (Å²) in [5.74, 6) is 0.676. The monoisotopic (exact) mass is 400 g/mol. The molecule has 134 valence electrons. The van der Waals surface area contributed by atoms with Gasteiger partial charge in [0.2, 0.25) is 0 Å². The topological polar surface area (TPSA) is 55.6 Å². The van der Waals surface area contributed by atoms with Crippen molar-refractivity contribution in [2.45, 2.75) is 19.1 Å². The zero-order valence-corrected chi connectivity index (χ0v) is 15.8. The van der Waals surface area contributed by atoms with E-state index in [9.17, 15) is 4.79 Å². The predicted octanol–water partition coefficient (Wildman–Crippen LogP) is 4.17. The van der Waals surface area contributed by atoms with Gasteiger partial charge in [0.1, 0.15) is 11.9 Å². The molecular weight excluding hydrogens is 383 g/mol. The molecule has 3 rings (SSSR count). The van der Waals surface area contributed by atoms with Crippen molar-refractivity contribution in [3.05, 3.63) is 63.6 Å². The third-order valence-corrected chi connectivity index (χ3v) is 4.80. The number of nitrogens with two attached hydrogens (primary N) is 1. The number of carbonyl (C=O) groups excluding carboxylic acids is 1. The van der Waals surface area contributed by atoms with Crippen molar-refractivity contribution in [1.29, 1.82) is 0 Å². The van der Waals surface area contributed by atoms with Gasteiger partial charge < -0.3 is 15.4 Å². The summed E-state index contributed by atoms with van der Waals surface area (Å²) in [4.78, 5) is 14.3. The molecule has 25 heavy (non-hydrogen) atoms. The smallest absolute Gasteiger partial charge is 0.253 e. The molecule has 0 spiro atoms. The van der Waals surface area contributed by atoms with Crippen LogP contribution in [0.1, 0.15) is 22.3 Å². The van der Waals surface area contributed by atoms with E-state index < -0.39 is 0 Å². The zero-order chi connectivity index (χ0) is 17.1. The zero-order valence-electron chi connectivity index (χ0n) is 13.5. The van der Waals surface area contributed by atoms with E-state index in [4.69, 9.17) is 33.7 Å². The molecule has 1 unspecified atom stereocenters. The average molecular weight is 402 g/mol. The number of amides is 1. The van der Waals surface area contributed by atoms with Gasteiger partial charge in [0.05, 0.1) is 16.6 Å². The summed E-state index contributed by atoms with van der Waals surface area (Å²) in [6.07, 6.45) is 0.738. The summed E-state index contributed by atoms with van der Waals surface area (Å²) in [5.41, 5.74) is 7.26. The van der Waals surface area contributed by atoms with Crippen molar-refractivity contribution in [2.24, 2.45) is 5.73 Å². The number of halogens is 3. The summed E-state index contributed by atoms with van der Waals surface area (Å²) < 4.78 is 5.91. The highest BCUT2D eigenvalue weighted by Gasteiger charge is 2.28. The van der Waals surface area contributed by atoms with Gasteiger partial charge in [-0.1, -0.05) is 35.3 Å². The summed E-state index contributed by atoms with van der Waals surface area (Å²) in [6, 6.07) is 12.6. The summed E-state index contributed by atoms with van der Waals surface area (Å²) in [7, 11) is 0. The molecule has 0 radical (unpaired) electrons. The highest BCUT2D eigenvalue weighted by molar-refractivity contribution is 6.42. The van der Waals surface area contributed by atoms with Crippen LogP contribution < -0.4 is 10.5 Å². The number of carbonyl (C=O) groups is 1. The van der Waals surface area contributed by atoms with Gasteiger partial charge in [-0.15, -0.1) is 12.4 Å². The fraction of sp³-hybridized carbons (Fsp3) is 0.278. The fourth-order valence-corrected chi connectivity index (χ4v) is 3.01. The van der Waals surface area contributed by atoms with E-state index in [1.54, 1.807) is 23.1 Å². The van der Waals surface area contributed by atoms with Gasteiger partial charge >= 0.3 is 0 Å². The van der Waals surface area contributed by atoms with Gasteiger partial charge in [0.25, 0.3) is 5.91 Å². The summed E-state index contributed by atoms with van der Waals surface area (Å²) in [5, 5.41) is 0.952. The number of hydrogen-bond donors (Lipinski definition) is 1. The first-order valence-corrected chi connectivity index (χ1v) is 8.52. The lowest BCUT2D eigenvalue weighted by atomic mass is 10.1. The molecule has 1 fully saturated rings. The minimum Gasteiger partial charge on any atom is -0.488 e. The van der Waals surface area contributed by atoms with Crippen LogP contribution in [0.3, 0.4) is 0 Å². The van der Waals surface area contributed by atoms with Crippen molar-refractivity contribution in [3.63, 3.8) is 0 Å². The Kier molecular flexibility index (Phi) is 6.96. The molecule has 1 aliphatic heterocycles. The largest absolute Gasteiger partial charge is 0.488 e. The van der Waals surface area contributed by atoms with Gasteiger partial charge in [-0.25, -0.2) is 0 Å². The van der Waals surface area contributed by atoms with Crippen LogP contribution in [0.5, 0.6) is 5.75 Å². The van der Waals surface area contributed by atoms with Crippen molar-refractivity contribution in [2.75, 3.05) is 13.1 Å². The van der Waals surface area contributed by atoms with Crippen LogP contribution >= 0.6 is 35.6 Å². The third kappa shape index (κ3) is 4.79. The van der Waals surface area contributed by atoms with Crippen molar-refractivity contribution in [1.82, 2.24) is 4.90 Å². The van der Waals surface area contributed by atoms with E-state index >= 15 is 0 Å². The van der Waals surface area contributed by atoms with Gasteiger partial charge in [-0.2, -0.15) is 0 Å². The number of ether oxygens (including phenoxy) is 1. The molecule has 2 N–H and O–H groups in total. The fourth-order valence-electron chi connectivity index (χ4n) is 2.72. The van der Waals surface area contributed by atoms with Crippen LogP contribution in [0.4, 0.5) is 0 Å². The average Bonchev–Trinajstić information content (AvgIpc) is 3.06. The molecule has 1 aliphatic rings. The predicted molar refractivity (Wildman–Crippen MR) is 103 cm³/mol. The van der Waals surface area contributed by atoms with Crippen molar-refractivity contribution >= 4 is 41.5 Å². The molecule has 0 aliphatic carbocycles. The molecule has 1 heterocycles. The minimum atomic E-state index is -0.0468. The summed E-state index contributed by atoms with van der Waals surface area (Å²) in [6.45, 7) is 1.69. The normalized spacial score (nSPS) is 16.4. The highest BCUT2D eigenvalue weighted by Crippen LogP contribution is 2.28. The lowest BCUT2D eigenvalue weighted by Crippen LogP contribution is -2.30. The Morgan fingerprint density at radius 3 is 2.52 bits per heavy atom. The second-order valence-electron chi connectivity index (χ2n) is 5.76. The molecule has 2 aromatic carbocycles. The van der Waals surface area contributed by atoms with Crippen LogP contribution in [0, 0.1) is 0 Å². The van der Waals surface area contributed by atoms with Crippen molar-refractivity contribution < 1.29 is 9.53 Å². The number of nitrogens with zero attached hydrogens (tertiary/aromatic N) is 1. The Labute approximate surface area is 163 Å². The molecule has 7 heteroatoms. The molecule has 1 amide bonds. The quantitative estimate of drug-likeness (QED) is 0.836. The Hall–Kier alpha value is -1.46. The van der Waals surface area contributed by atoms with Crippen LogP contribution in [0.2, 0.25) is 10.0 Å². The van der Waals surface area contributed by atoms with E-state index in [1.165, 1.54) is 0 Å². The molecule has 0 bridgehead atoms. The third-order valence-electron chi connectivity index (χ3n) is 4.06. The SMILES string of the molecule is Cl.NCc1ccc(C(=O)N2CCC(Oc3ccc(Cl)c(Cl)c3)C2)cc1. The molecule has 0 saturated carbocycles. The van der Waals surface area contributed by atoms with Crippen LogP contribution in [-0.2, 0) is 6.54 Å². The van der Waals surface area contributed by atoms with E-state index in [-0.39, 0.29) is 24.4 Å². The van der Waals surface area contributed by atoms with Crippen LogP contribution in [0.15, 0.2) is 42.5 Å². The Morgan fingerprint density at radius 2 is 1.88 bits per heavy atom. The van der Waals surface area contributed by atoms with Crippen molar-refractivity contribution in [3.8, 4) is 5.75 Å². The van der Waals surface area contributed by atoms with Crippen LogP contribution in [-0.4, -0.2) is 30.0 Å². The molecule has 4 nitrogen and oxygen atoms in total. The van der Waals surface area contributed by atoms with E-state index in [2.05, 4.69) is 0 Å². The standard InChI is InChI=1S/C18H18Cl2N2O2.ClH/c19-16-6-5-14(9-17(16)20)24-15-7-8-22(11-15)18(23)13-3-1-12(10-21)2-4-13;/h1-6,9,15H,7-8,10-11,21H2;1H. The van der Waals surface area contributed by atoms with E-state index in [0.29, 0.717) is 41.0 Å². The molecule has 1 saturated heterocycles. The van der Waals surface area contributed by atoms with Crippen LogP contribution in [0.25, 0.3) is 0 Å². The Bertz CT molecular complexity index is 738. The molecule has 1 atom stereocenters. The summed E-state index contributed by atoms with van der Waals surface area (Å²) >= 11 is 11.9. The first kappa shape index (κ1) is 19.9. The molecule has 0 aromatic heterocycles. The Balaban J connectivity index is 0.00000225. The second kappa shape index (κ2) is 8.77. The maximum absolute atomic E-state index is 12.5. The first-order valence-electron chi connectivity index (χ1n) is 7.77. The second-order valence-corrected chi connectivity index (χ2v) is 6.57. The molecular formula is C18H19Cl3N2O2. The minimum absolute atomic E-state index is 0. The lowest BCUT2D eigenvalue weighted by Gasteiger charge is -2.17. The maximum Gasteiger partial charge on any atom is 0.253 e. The van der Waals surface area contributed by atoms with Gasteiger partial charge in [-0.3, -0.25) is 4.79 Å². The van der Waals surface area contributed by atoms with Gasteiger partial charge in [0, 0.05) is 31.1 Å². The van der Waals surface area contributed by atoms with Gasteiger partial charge in [0.15, 0.2) is 0 Å². The maximum atomic E-state index is 12.5. The first-order chi connectivity index (χ1) is 11.6. The highest BCUT2D eigenvalue weighted by atomic mass is 35.5. The van der Waals surface area contributed by atoms with E-state index in [0.717, 1.165) is 12.0 Å². The number of likely N-dealkylation sites (tertiary alicyclic amines) is 1. The number of benzene rings is 2. The number of rotatable bonds is 4. The Morgan fingerprint density at radius 1 is 1.16 bits per heavy atom.